The molecule has 2 N–H and O–H groups in total. The van der Waals surface area contributed by atoms with Gasteiger partial charge in [0.15, 0.2) is 0 Å². The number of carbonyl (C=O) groups is 3. The van der Waals surface area contributed by atoms with Gasteiger partial charge in [0.1, 0.15) is 11.8 Å². The summed E-state index contributed by atoms with van der Waals surface area (Å²) in [6, 6.07) is 5.72. The maximum absolute atomic E-state index is 12.5. The van der Waals surface area contributed by atoms with Crippen LogP contribution in [0.4, 0.5) is 10.5 Å². The summed E-state index contributed by atoms with van der Waals surface area (Å²) in [5.74, 6) is -0.232. The van der Waals surface area contributed by atoms with Crippen LogP contribution in [0.1, 0.15) is 12.0 Å². The Labute approximate surface area is 149 Å². The molecule has 4 amide bonds. The van der Waals surface area contributed by atoms with Crippen molar-refractivity contribution in [3.05, 3.63) is 42.2 Å². The van der Waals surface area contributed by atoms with Gasteiger partial charge in [0.25, 0.3) is 5.91 Å². The van der Waals surface area contributed by atoms with Crippen molar-refractivity contribution in [3.63, 3.8) is 0 Å². The van der Waals surface area contributed by atoms with E-state index in [0.29, 0.717) is 17.0 Å². The van der Waals surface area contributed by atoms with E-state index < -0.39 is 18.0 Å². The van der Waals surface area contributed by atoms with Gasteiger partial charge in [0, 0.05) is 18.8 Å². The number of para-hydroxylation sites is 1. The van der Waals surface area contributed by atoms with Gasteiger partial charge in [-0.2, -0.15) is 5.10 Å². The van der Waals surface area contributed by atoms with Crippen LogP contribution in [0, 0.1) is 0 Å². The van der Waals surface area contributed by atoms with Crippen LogP contribution in [-0.4, -0.2) is 45.7 Å². The van der Waals surface area contributed by atoms with Crippen LogP contribution >= 0.6 is 0 Å². The molecule has 9 heteroatoms. The molecular formula is C17H19N5O4. The van der Waals surface area contributed by atoms with Crippen molar-refractivity contribution in [1.29, 1.82) is 0 Å². The van der Waals surface area contributed by atoms with E-state index in [9.17, 15) is 14.4 Å². The van der Waals surface area contributed by atoms with E-state index in [2.05, 4.69) is 15.7 Å². The first-order valence-electron chi connectivity index (χ1n) is 8.00. The molecular weight excluding hydrogens is 338 g/mol. The zero-order valence-corrected chi connectivity index (χ0v) is 14.4. The highest BCUT2D eigenvalue weighted by molar-refractivity contribution is 6.06. The first-order chi connectivity index (χ1) is 12.5. The summed E-state index contributed by atoms with van der Waals surface area (Å²) in [4.78, 5) is 37.9. The van der Waals surface area contributed by atoms with Gasteiger partial charge in [-0.05, 0) is 6.07 Å². The molecule has 0 aliphatic carbocycles. The Balaban J connectivity index is 1.64. The molecule has 0 saturated carbocycles. The highest BCUT2D eigenvalue weighted by Gasteiger charge is 2.39. The van der Waals surface area contributed by atoms with Crippen molar-refractivity contribution in [2.45, 2.75) is 19.0 Å². The van der Waals surface area contributed by atoms with E-state index >= 15 is 0 Å². The molecule has 26 heavy (non-hydrogen) atoms. The zero-order chi connectivity index (χ0) is 18.7. The quantitative estimate of drug-likeness (QED) is 0.747. The molecule has 9 nitrogen and oxygen atoms in total. The lowest BCUT2D eigenvalue weighted by molar-refractivity contribution is -0.130. The van der Waals surface area contributed by atoms with Crippen molar-refractivity contribution < 1.29 is 19.1 Å². The standard InChI is InChI=1S/C17H19N5O4/c1-21-10-12(8-18-21)19-15(23)7-13-16(24)22(17(25)20-13)9-11-5-3-4-6-14(11)26-2/h3-6,8,10,13H,7,9H2,1-2H3,(H,19,23)(H,20,25)/t13-/m1/s1. The number of rotatable bonds is 6. The number of ether oxygens (including phenoxy) is 1. The average molecular weight is 357 g/mol. The number of nitrogens with one attached hydrogen (secondary N) is 2. The average Bonchev–Trinajstić information content (AvgIpc) is 3.13. The van der Waals surface area contributed by atoms with E-state index in [-0.39, 0.29) is 18.9 Å². The van der Waals surface area contributed by atoms with Crippen LogP contribution in [0.2, 0.25) is 0 Å². The smallest absolute Gasteiger partial charge is 0.325 e. The topological polar surface area (TPSA) is 106 Å². The number of aryl methyl sites for hydroxylation is 1. The van der Waals surface area contributed by atoms with Crippen molar-refractivity contribution in [2.24, 2.45) is 7.05 Å². The third-order valence-corrected chi connectivity index (χ3v) is 4.01. The second-order valence-electron chi connectivity index (χ2n) is 5.89. The van der Waals surface area contributed by atoms with Gasteiger partial charge >= 0.3 is 6.03 Å². The molecule has 1 fully saturated rings. The Kier molecular flexibility index (Phi) is 4.87. The van der Waals surface area contributed by atoms with Crippen LogP contribution in [0.15, 0.2) is 36.7 Å². The van der Waals surface area contributed by atoms with E-state index in [1.54, 1.807) is 42.2 Å². The van der Waals surface area contributed by atoms with Gasteiger partial charge < -0.3 is 15.4 Å². The number of hydrogen-bond acceptors (Lipinski definition) is 5. The molecule has 0 bridgehead atoms. The number of urea groups is 1. The zero-order valence-electron chi connectivity index (χ0n) is 14.4. The minimum absolute atomic E-state index is 0.0788. The third kappa shape index (κ3) is 3.66. The Morgan fingerprint density at radius 1 is 1.35 bits per heavy atom. The summed E-state index contributed by atoms with van der Waals surface area (Å²) in [7, 11) is 3.25. The molecule has 1 aromatic carbocycles. The number of aromatic nitrogens is 2. The highest BCUT2D eigenvalue weighted by atomic mass is 16.5. The number of nitrogens with zero attached hydrogens (tertiary/aromatic N) is 3. The molecule has 1 saturated heterocycles. The number of imide groups is 1. The number of hydrogen-bond donors (Lipinski definition) is 2. The monoisotopic (exact) mass is 357 g/mol. The molecule has 1 aromatic heterocycles. The maximum Gasteiger partial charge on any atom is 0.325 e. The van der Waals surface area contributed by atoms with Crippen LogP contribution in [0.3, 0.4) is 0 Å². The lowest BCUT2D eigenvalue weighted by Gasteiger charge is -2.15. The van der Waals surface area contributed by atoms with Gasteiger partial charge in [-0.1, -0.05) is 18.2 Å². The summed E-state index contributed by atoms with van der Waals surface area (Å²) in [5.41, 5.74) is 1.24. The fourth-order valence-electron chi connectivity index (χ4n) is 2.75. The number of anilines is 1. The van der Waals surface area contributed by atoms with Gasteiger partial charge in [-0.25, -0.2) is 4.79 Å². The number of amides is 4. The second-order valence-corrected chi connectivity index (χ2v) is 5.89. The predicted molar refractivity (Wildman–Crippen MR) is 92.3 cm³/mol. The maximum atomic E-state index is 12.5. The Hall–Kier alpha value is -3.36. The van der Waals surface area contributed by atoms with Crippen molar-refractivity contribution in [1.82, 2.24) is 20.0 Å². The lowest BCUT2D eigenvalue weighted by Crippen LogP contribution is -2.34. The summed E-state index contributed by atoms with van der Waals surface area (Å²) in [6.45, 7) is 0.0788. The summed E-state index contributed by atoms with van der Waals surface area (Å²) in [5, 5.41) is 9.14. The van der Waals surface area contributed by atoms with Gasteiger partial charge in [0.05, 0.1) is 32.0 Å². The van der Waals surface area contributed by atoms with E-state index in [4.69, 9.17) is 4.74 Å². The van der Waals surface area contributed by atoms with Gasteiger partial charge in [-0.15, -0.1) is 0 Å². The molecule has 1 aliphatic rings. The van der Waals surface area contributed by atoms with Crippen LogP contribution in [0.5, 0.6) is 5.75 Å². The summed E-state index contributed by atoms with van der Waals surface area (Å²) >= 11 is 0. The number of methoxy groups -OCH3 is 1. The lowest BCUT2D eigenvalue weighted by atomic mass is 10.1. The molecule has 1 atom stereocenters. The molecule has 0 unspecified atom stereocenters. The Bertz CT molecular complexity index is 847. The van der Waals surface area contributed by atoms with E-state index in [1.165, 1.54) is 13.3 Å². The molecule has 3 rings (SSSR count). The highest BCUT2D eigenvalue weighted by Crippen LogP contribution is 2.22. The molecule has 0 spiro atoms. The summed E-state index contributed by atoms with van der Waals surface area (Å²) in [6.07, 6.45) is 2.99. The largest absolute Gasteiger partial charge is 0.496 e. The SMILES string of the molecule is COc1ccccc1CN1C(=O)N[C@H](CC(=O)Nc2cnn(C)c2)C1=O. The fraction of sp³-hybridized carbons (Fsp3) is 0.294. The second kappa shape index (κ2) is 7.26. The molecule has 136 valence electrons. The van der Waals surface area contributed by atoms with Crippen molar-refractivity contribution >= 4 is 23.5 Å². The fourth-order valence-corrected chi connectivity index (χ4v) is 2.75. The predicted octanol–water partition coefficient (Wildman–Crippen LogP) is 0.878. The van der Waals surface area contributed by atoms with Gasteiger partial charge in [-0.3, -0.25) is 19.2 Å². The molecule has 2 aromatic rings. The van der Waals surface area contributed by atoms with Crippen LogP contribution < -0.4 is 15.4 Å². The Morgan fingerprint density at radius 2 is 2.12 bits per heavy atom. The van der Waals surface area contributed by atoms with E-state index in [1.807, 2.05) is 0 Å². The van der Waals surface area contributed by atoms with Crippen molar-refractivity contribution in [2.75, 3.05) is 12.4 Å². The Morgan fingerprint density at radius 3 is 2.81 bits per heavy atom. The third-order valence-electron chi connectivity index (χ3n) is 4.01. The molecule has 0 radical (unpaired) electrons. The molecule has 1 aliphatic heterocycles. The first-order valence-corrected chi connectivity index (χ1v) is 8.00. The van der Waals surface area contributed by atoms with E-state index in [0.717, 1.165) is 4.90 Å². The summed E-state index contributed by atoms with van der Waals surface area (Å²) < 4.78 is 6.79. The number of carbonyl (C=O) groups excluding carboxylic acids is 3. The normalized spacial score (nSPS) is 16.5. The van der Waals surface area contributed by atoms with Crippen LogP contribution in [-0.2, 0) is 23.2 Å². The minimum Gasteiger partial charge on any atom is -0.496 e. The molecule has 2 heterocycles. The first kappa shape index (κ1) is 17.5. The van der Waals surface area contributed by atoms with Crippen LogP contribution in [0.25, 0.3) is 0 Å². The minimum atomic E-state index is -0.895. The van der Waals surface area contributed by atoms with Crippen molar-refractivity contribution in [3.8, 4) is 5.75 Å². The van der Waals surface area contributed by atoms with Gasteiger partial charge in [0.2, 0.25) is 5.91 Å². The number of benzene rings is 1.